The molecule has 1 aromatic carbocycles. The van der Waals surface area contributed by atoms with E-state index in [1.807, 2.05) is 0 Å². The lowest BCUT2D eigenvalue weighted by Gasteiger charge is -2.42. The van der Waals surface area contributed by atoms with E-state index in [0.29, 0.717) is 5.56 Å². The van der Waals surface area contributed by atoms with Gasteiger partial charge in [0.2, 0.25) is 5.60 Å². The maximum Gasteiger partial charge on any atom is 0.426 e. The van der Waals surface area contributed by atoms with Crippen molar-refractivity contribution < 1.29 is 45.8 Å². The molecule has 4 bridgehead atoms. The molecule has 2 N–H and O–H groups in total. The molecule has 16 heteroatoms. The molecule has 230 valence electrons. The highest BCUT2D eigenvalue weighted by molar-refractivity contribution is 9.10. The fourth-order valence-electron chi connectivity index (χ4n) is 5.13. The third-order valence-corrected chi connectivity index (χ3v) is 7.98. The van der Waals surface area contributed by atoms with Gasteiger partial charge in [-0.15, -0.1) is 10.2 Å². The number of amides is 2. The second-order valence-electron chi connectivity index (χ2n) is 10.4. The number of halogens is 6. The monoisotopic (exact) mass is 673 g/mol. The number of nitrogens with zero attached hydrogens (tertiary/aromatic N) is 4. The summed E-state index contributed by atoms with van der Waals surface area (Å²) < 4.78 is 83.4. The Bertz CT molecular complexity index is 1500. The van der Waals surface area contributed by atoms with E-state index in [-0.39, 0.29) is 41.7 Å². The Labute approximate surface area is 249 Å². The number of carboxylic acid groups (broad SMARTS) is 1. The molecular weight excluding hydrogens is 649 g/mol. The van der Waals surface area contributed by atoms with E-state index in [2.05, 4.69) is 36.4 Å². The lowest BCUT2D eigenvalue weighted by atomic mass is 9.86. The molecule has 0 radical (unpaired) electrons. The van der Waals surface area contributed by atoms with Crippen LogP contribution in [0.5, 0.6) is 0 Å². The van der Waals surface area contributed by atoms with Gasteiger partial charge in [-0.3, -0.25) is 10.1 Å². The van der Waals surface area contributed by atoms with Crippen molar-refractivity contribution in [2.75, 3.05) is 11.9 Å². The van der Waals surface area contributed by atoms with Crippen molar-refractivity contribution in [3.05, 3.63) is 58.0 Å². The molecule has 0 saturated heterocycles. The Hall–Kier alpha value is -3.66. The van der Waals surface area contributed by atoms with Gasteiger partial charge in [-0.25, -0.2) is 18.6 Å². The Morgan fingerprint density at radius 3 is 2.51 bits per heavy atom. The van der Waals surface area contributed by atoms with Crippen LogP contribution in [0.3, 0.4) is 0 Å². The van der Waals surface area contributed by atoms with Gasteiger partial charge in [0.05, 0.1) is 16.8 Å². The van der Waals surface area contributed by atoms with Crippen LogP contribution < -0.4 is 5.32 Å². The van der Waals surface area contributed by atoms with Gasteiger partial charge in [0.25, 0.3) is 23.6 Å². The average molecular weight is 674 g/mol. The number of pyridine rings is 1. The zero-order valence-corrected chi connectivity index (χ0v) is 23.9. The molecular formula is C27H25BrF5N5O5. The standard InChI is InChI=1S/C27H25BrF5N5O5/c28-17-11-18(34-24(40)41)20-21-36-37-23(43-21)26(27(31,32)33,42-14-15-7-3-1-4-8-15)9-5-2-6-10-38(22(39)19(17)35-20)16-12-25(29,30)13-16/h1,3-4,7-8,11,16,34H,2,5-6,9-10,12-14H2,(H,40,41). The minimum atomic E-state index is -5.03. The number of ether oxygens (including phenoxy) is 1. The molecule has 1 saturated carbocycles. The predicted molar refractivity (Wildman–Crippen MR) is 143 cm³/mol. The molecule has 1 unspecified atom stereocenters. The molecule has 5 rings (SSSR count). The SMILES string of the molecule is O=C(O)Nc1cc(Br)c2nc1-c1nnc(o1)C(OCc1ccccc1)(C(F)(F)F)CCCCCN(C1CC(F)(F)C1)C2=O. The lowest BCUT2D eigenvalue weighted by Crippen LogP contribution is -2.53. The van der Waals surface area contributed by atoms with Crippen LogP contribution in [0.15, 0.2) is 45.3 Å². The highest BCUT2D eigenvalue weighted by Crippen LogP contribution is 2.47. The number of hydrogen-bond acceptors (Lipinski definition) is 7. The zero-order chi connectivity index (χ0) is 31.0. The number of hydrogen-bond donors (Lipinski definition) is 2. The Balaban J connectivity index is 1.62. The van der Waals surface area contributed by atoms with Gasteiger partial charge in [0, 0.05) is 25.4 Å². The Morgan fingerprint density at radius 1 is 1.14 bits per heavy atom. The Kier molecular flexibility index (Phi) is 8.44. The van der Waals surface area contributed by atoms with Crippen LogP contribution in [0.2, 0.25) is 0 Å². The molecule has 1 fully saturated rings. The summed E-state index contributed by atoms with van der Waals surface area (Å²) in [6, 6.07) is 8.54. The van der Waals surface area contributed by atoms with E-state index in [9.17, 15) is 36.6 Å². The van der Waals surface area contributed by atoms with Crippen molar-refractivity contribution in [1.82, 2.24) is 20.1 Å². The van der Waals surface area contributed by atoms with Crippen LogP contribution in [0, 0.1) is 0 Å². The van der Waals surface area contributed by atoms with Crippen molar-refractivity contribution in [2.24, 2.45) is 0 Å². The summed E-state index contributed by atoms with van der Waals surface area (Å²) in [4.78, 5) is 30.5. The van der Waals surface area contributed by atoms with E-state index in [4.69, 9.17) is 9.15 Å². The number of aromatic nitrogens is 3. The summed E-state index contributed by atoms with van der Waals surface area (Å²) in [6.45, 7) is -0.455. The molecule has 3 aromatic rings. The molecule has 1 aliphatic carbocycles. The van der Waals surface area contributed by atoms with Gasteiger partial charge in [-0.05, 0) is 46.8 Å². The van der Waals surface area contributed by atoms with Gasteiger partial charge in [-0.2, -0.15) is 13.2 Å². The average Bonchev–Trinajstić information content (AvgIpc) is 3.40. The number of nitrogens with one attached hydrogen (secondary N) is 1. The smallest absolute Gasteiger partial charge is 0.426 e. The van der Waals surface area contributed by atoms with Crippen LogP contribution in [0.1, 0.15) is 60.5 Å². The van der Waals surface area contributed by atoms with Crippen molar-refractivity contribution in [1.29, 1.82) is 0 Å². The van der Waals surface area contributed by atoms with E-state index in [1.54, 1.807) is 30.3 Å². The molecule has 2 aliphatic rings. The van der Waals surface area contributed by atoms with E-state index < -0.39 is 79.1 Å². The van der Waals surface area contributed by atoms with Gasteiger partial charge in [-0.1, -0.05) is 36.8 Å². The van der Waals surface area contributed by atoms with Crippen molar-refractivity contribution >= 4 is 33.6 Å². The minimum Gasteiger partial charge on any atom is -0.465 e. The summed E-state index contributed by atoms with van der Waals surface area (Å²) in [5.74, 6) is -5.20. The molecule has 43 heavy (non-hydrogen) atoms. The van der Waals surface area contributed by atoms with Crippen LogP contribution >= 0.6 is 15.9 Å². The van der Waals surface area contributed by atoms with Crippen LogP contribution in [-0.2, 0) is 16.9 Å². The minimum absolute atomic E-state index is 0.0134. The first-order valence-electron chi connectivity index (χ1n) is 13.3. The first-order chi connectivity index (χ1) is 20.3. The number of carbonyl (C=O) groups excluding carboxylic acids is 1. The lowest BCUT2D eigenvalue weighted by molar-refractivity contribution is -0.300. The molecule has 2 aromatic heterocycles. The van der Waals surface area contributed by atoms with Crippen LogP contribution in [-0.4, -0.2) is 61.9 Å². The number of carbonyl (C=O) groups is 2. The largest absolute Gasteiger partial charge is 0.465 e. The van der Waals surface area contributed by atoms with Crippen LogP contribution in [0.4, 0.5) is 32.4 Å². The van der Waals surface area contributed by atoms with E-state index in [1.165, 1.54) is 4.90 Å². The van der Waals surface area contributed by atoms with Crippen molar-refractivity contribution in [3.63, 3.8) is 0 Å². The second-order valence-corrected chi connectivity index (χ2v) is 11.2. The van der Waals surface area contributed by atoms with Crippen molar-refractivity contribution in [3.8, 4) is 11.6 Å². The summed E-state index contributed by atoms with van der Waals surface area (Å²) in [5, 5.41) is 18.8. The van der Waals surface area contributed by atoms with Crippen molar-refractivity contribution in [2.45, 2.75) is 68.9 Å². The topological polar surface area (TPSA) is 131 Å². The summed E-state index contributed by atoms with van der Waals surface area (Å²) in [7, 11) is 0. The van der Waals surface area contributed by atoms with Gasteiger partial charge in [0.15, 0.2) is 5.69 Å². The summed E-state index contributed by atoms with van der Waals surface area (Å²) in [6.07, 6.45) is -7.98. The zero-order valence-electron chi connectivity index (χ0n) is 22.3. The summed E-state index contributed by atoms with van der Waals surface area (Å²) in [5.41, 5.74) is -3.57. The Morgan fingerprint density at radius 2 is 1.86 bits per heavy atom. The molecule has 3 heterocycles. The normalized spacial score (nSPS) is 21.2. The number of anilines is 1. The van der Waals surface area contributed by atoms with Gasteiger partial charge in [0.1, 0.15) is 5.69 Å². The number of alkyl halides is 5. The molecule has 10 nitrogen and oxygen atoms in total. The maximum atomic E-state index is 14.9. The number of rotatable bonds is 5. The van der Waals surface area contributed by atoms with Gasteiger partial charge >= 0.3 is 12.3 Å². The highest BCUT2D eigenvalue weighted by atomic mass is 79.9. The quantitative estimate of drug-likeness (QED) is 0.284. The van der Waals surface area contributed by atoms with Crippen LogP contribution in [0.25, 0.3) is 11.6 Å². The predicted octanol–water partition coefficient (Wildman–Crippen LogP) is 6.77. The molecule has 2 amide bonds. The highest BCUT2D eigenvalue weighted by Gasteiger charge is 2.61. The van der Waals surface area contributed by atoms with Gasteiger partial charge < -0.3 is 19.2 Å². The summed E-state index contributed by atoms with van der Waals surface area (Å²) >= 11 is 3.18. The number of fused-ring (bicyclic) bond motifs is 5. The fourth-order valence-corrected chi connectivity index (χ4v) is 5.62. The molecule has 1 aliphatic heterocycles. The number of benzene rings is 1. The molecule has 0 spiro atoms. The van der Waals surface area contributed by atoms with E-state index in [0.717, 1.165) is 6.07 Å². The van der Waals surface area contributed by atoms with E-state index >= 15 is 0 Å². The first kappa shape index (κ1) is 30.8. The third kappa shape index (κ3) is 6.34. The maximum absolute atomic E-state index is 14.9. The second kappa shape index (κ2) is 11.8. The molecule has 1 atom stereocenters. The fraction of sp³-hybridized carbons (Fsp3) is 0.444. The third-order valence-electron chi connectivity index (χ3n) is 7.38. The first-order valence-corrected chi connectivity index (χ1v) is 14.1.